The molecule has 4 heteroatoms. The molecule has 1 aromatic heterocycles. The molecule has 0 bridgehead atoms. The minimum absolute atomic E-state index is 0.368. The van der Waals surface area contributed by atoms with Crippen LogP contribution in [0.1, 0.15) is 16.1 Å². The third-order valence-electron chi connectivity index (χ3n) is 4.01. The monoisotopic (exact) mass is 351 g/mol. The maximum Gasteiger partial charge on any atom is 0.340 e. The number of aromatic nitrogens is 1. The van der Waals surface area contributed by atoms with Gasteiger partial charge in [0.15, 0.2) is 0 Å². The summed E-state index contributed by atoms with van der Waals surface area (Å²) in [6.45, 7) is 3.79. The van der Waals surface area contributed by atoms with Gasteiger partial charge in [-0.15, -0.1) is 6.58 Å². The summed E-state index contributed by atoms with van der Waals surface area (Å²) in [7, 11) is 1.39. The molecule has 0 spiro atoms. The van der Waals surface area contributed by atoms with Crippen molar-refractivity contribution >= 4 is 17.6 Å². The van der Waals surface area contributed by atoms with Crippen LogP contribution in [-0.4, -0.2) is 18.1 Å². The van der Waals surface area contributed by atoms with E-state index in [2.05, 4.69) is 11.6 Å². The van der Waals surface area contributed by atoms with Crippen LogP contribution in [0, 0.1) is 0 Å². The Morgan fingerprint density at radius 3 is 2.40 bits per heavy atom. The fourth-order valence-corrected chi connectivity index (χ4v) is 3.03. The number of rotatable bonds is 5. The lowest BCUT2D eigenvalue weighted by molar-refractivity contribution is 0.0600. The number of carbonyl (C=O) groups excluding carboxylic acids is 1. The second-order valence-corrected chi connectivity index (χ2v) is 6.02. The van der Waals surface area contributed by atoms with Crippen LogP contribution in [0.5, 0.6) is 0 Å². The highest BCUT2D eigenvalue weighted by molar-refractivity contribution is 6.30. The summed E-state index contributed by atoms with van der Waals surface area (Å²) in [5.74, 6) is -0.368. The molecule has 1 heterocycles. The second-order valence-electron chi connectivity index (χ2n) is 5.59. The number of benzene rings is 2. The highest BCUT2D eigenvalue weighted by atomic mass is 35.5. The van der Waals surface area contributed by atoms with Gasteiger partial charge in [-0.1, -0.05) is 60.1 Å². The van der Waals surface area contributed by atoms with E-state index in [4.69, 9.17) is 16.3 Å². The van der Waals surface area contributed by atoms with E-state index in [9.17, 15) is 4.79 Å². The molecule has 0 radical (unpaired) electrons. The Kier molecular flexibility index (Phi) is 5.05. The molecule has 3 aromatic rings. The van der Waals surface area contributed by atoms with E-state index in [0.29, 0.717) is 17.0 Å². The lowest BCUT2D eigenvalue weighted by Gasteiger charge is -2.08. The van der Waals surface area contributed by atoms with Crippen molar-refractivity contribution < 1.29 is 9.53 Å². The predicted molar refractivity (Wildman–Crippen MR) is 102 cm³/mol. The van der Waals surface area contributed by atoms with Crippen LogP contribution in [0.3, 0.4) is 0 Å². The number of nitrogens with one attached hydrogen (secondary N) is 1. The summed E-state index contributed by atoms with van der Waals surface area (Å²) in [5, 5.41) is 0.663. The molecule has 0 aliphatic rings. The lowest BCUT2D eigenvalue weighted by Crippen LogP contribution is -2.05. The number of methoxy groups -OCH3 is 1. The molecule has 1 N–H and O–H groups in total. The van der Waals surface area contributed by atoms with Crippen molar-refractivity contribution in [3.63, 3.8) is 0 Å². The Labute approximate surface area is 151 Å². The molecule has 0 saturated carbocycles. The number of H-pyrrole nitrogens is 1. The highest BCUT2D eigenvalue weighted by Crippen LogP contribution is 2.37. The van der Waals surface area contributed by atoms with Crippen LogP contribution in [0.15, 0.2) is 67.3 Å². The van der Waals surface area contributed by atoms with E-state index in [-0.39, 0.29) is 5.97 Å². The summed E-state index contributed by atoms with van der Waals surface area (Å²) in [6.07, 6.45) is 2.30. The van der Waals surface area contributed by atoms with Gasteiger partial charge >= 0.3 is 5.97 Å². The molecule has 3 rings (SSSR count). The first-order valence-corrected chi connectivity index (χ1v) is 8.29. The van der Waals surface area contributed by atoms with Crippen molar-refractivity contribution in [1.29, 1.82) is 0 Å². The fraction of sp³-hybridized carbons (Fsp3) is 0.0952. The van der Waals surface area contributed by atoms with Gasteiger partial charge in [-0.2, -0.15) is 0 Å². The molecule has 0 aliphatic carbocycles. The van der Waals surface area contributed by atoms with Crippen LogP contribution < -0.4 is 0 Å². The molecule has 0 aliphatic heterocycles. The number of ether oxygens (including phenoxy) is 1. The van der Waals surface area contributed by atoms with Gasteiger partial charge in [-0.3, -0.25) is 0 Å². The second kappa shape index (κ2) is 7.41. The molecule has 0 amide bonds. The maximum absolute atomic E-state index is 12.5. The van der Waals surface area contributed by atoms with Gasteiger partial charge in [-0.25, -0.2) is 4.79 Å². The van der Waals surface area contributed by atoms with E-state index in [1.54, 1.807) is 6.08 Å². The van der Waals surface area contributed by atoms with E-state index < -0.39 is 0 Å². The Morgan fingerprint density at radius 1 is 1.12 bits per heavy atom. The average Bonchev–Trinajstić information content (AvgIpc) is 3.02. The van der Waals surface area contributed by atoms with Crippen LogP contribution >= 0.6 is 11.6 Å². The zero-order chi connectivity index (χ0) is 17.8. The summed E-state index contributed by atoms with van der Waals surface area (Å²) in [5.41, 5.74) is 4.90. The van der Waals surface area contributed by atoms with E-state index >= 15 is 0 Å². The molecule has 25 heavy (non-hydrogen) atoms. The SMILES string of the molecule is C=CCc1[nH]c(-c2ccc(Cl)cc2)c(-c2ccccc2)c1C(=O)OC. The number of carbonyl (C=O) groups is 1. The standard InChI is InChI=1S/C21H18ClNO2/c1-3-7-17-19(21(24)25-2)18(14-8-5-4-6-9-14)20(23-17)15-10-12-16(22)13-11-15/h3-6,8-13,23H,1,7H2,2H3. The van der Waals surface area contributed by atoms with Crippen molar-refractivity contribution in [1.82, 2.24) is 4.98 Å². The smallest absolute Gasteiger partial charge is 0.340 e. The molecule has 0 atom stereocenters. The number of hydrogen-bond donors (Lipinski definition) is 1. The summed E-state index contributed by atoms with van der Waals surface area (Å²) in [4.78, 5) is 15.9. The van der Waals surface area contributed by atoms with Gasteiger partial charge in [0.1, 0.15) is 0 Å². The number of allylic oxidation sites excluding steroid dienone is 1. The topological polar surface area (TPSA) is 42.1 Å². The van der Waals surface area contributed by atoms with Crippen LogP contribution in [0.25, 0.3) is 22.4 Å². The van der Waals surface area contributed by atoms with Gasteiger partial charge in [-0.05, 0) is 23.3 Å². The van der Waals surface area contributed by atoms with E-state index in [1.807, 2.05) is 54.6 Å². The van der Waals surface area contributed by atoms with Gasteiger partial charge < -0.3 is 9.72 Å². The molecular weight excluding hydrogens is 334 g/mol. The third kappa shape index (κ3) is 3.37. The summed E-state index contributed by atoms with van der Waals surface area (Å²) < 4.78 is 5.04. The zero-order valence-corrected chi connectivity index (χ0v) is 14.6. The normalized spacial score (nSPS) is 10.5. The van der Waals surface area contributed by atoms with Crippen LogP contribution in [-0.2, 0) is 11.2 Å². The molecule has 0 unspecified atom stereocenters. The Bertz CT molecular complexity index is 896. The van der Waals surface area contributed by atoms with Crippen molar-refractivity contribution in [2.24, 2.45) is 0 Å². The van der Waals surface area contributed by atoms with Gasteiger partial charge in [0.25, 0.3) is 0 Å². The Balaban J connectivity index is 2.31. The van der Waals surface area contributed by atoms with Crippen LogP contribution in [0.4, 0.5) is 0 Å². The minimum Gasteiger partial charge on any atom is -0.465 e. The fourth-order valence-electron chi connectivity index (χ4n) is 2.90. The molecule has 126 valence electrons. The predicted octanol–water partition coefficient (Wildman–Crippen LogP) is 5.52. The molecule has 3 nitrogen and oxygen atoms in total. The van der Waals surface area contributed by atoms with E-state index in [0.717, 1.165) is 28.1 Å². The van der Waals surface area contributed by atoms with Crippen molar-refractivity contribution in [3.8, 4) is 22.4 Å². The number of aromatic amines is 1. The van der Waals surface area contributed by atoms with Crippen molar-refractivity contribution in [2.45, 2.75) is 6.42 Å². The summed E-state index contributed by atoms with van der Waals surface area (Å²) in [6, 6.07) is 17.3. The number of halogens is 1. The first-order valence-electron chi connectivity index (χ1n) is 7.91. The first kappa shape index (κ1) is 17.1. The molecular formula is C21H18ClNO2. The first-order chi connectivity index (χ1) is 12.2. The van der Waals surface area contributed by atoms with E-state index in [1.165, 1.54) is 7.11 Å². The van der Waals surface area contributed by atoms with Gasteiger partial charge in [0, 0.05) is 22.7 Å². The highest BCUT2D eigenvalue weighted by Gasteiger charge is 2.25. The minimum atomic E-state index is -0.368. The molecule has 2 aromatic carbocycles. The number of hydrogen-bond acceptors (Lipinski definition) is 2. The van der Waals surface area contributed by atoms with Gasteiger partial charge in [0.05, 0.1) is 18.4 Å². The van der Waals surface area contributed by atoms with Crippen molar-refractivity contribution in [2.75, 3.05) is 7.11 Å². The third-order valence-corrected chi connectivity index (χ3v) is 4.26. The Morgan fingerprint density at radius 2 is 1.80 bits per heavy atom. The van der Waals surface area contributed by atoms with Gasteiger partial charge in [0.2, 0.25) is 0 Å². The average molecular weight is 352 g/mol. The number of esters is 1. The largest absolute Gasteiger partial charge is 0.465 e. The Hall–Kier alpha value is -2.78. The zero-order valence-electron chi connectivity index (χ0n) is 13.9. The lowest BCUT2D eigenvalue weighted by atomic mass is 9.96. The summed E-state index contributed by atoms with van der Waals surface area (Å²) >= 11 is 6.02. The quantitative estimate of drug-likeness (QED) is 0.486. The molecule has 0 fully saturated rings. The molecule has 0 saturated heterocycles. The van der Waals surface area contributed by atoms with Crippen LogP contribution in [0.2, 0.25) is 5.02 Å². The van der Waals surface area contributed by atoms with Crippen molar-refractivity contribution in [3.05, 3.63) is 83.5 Å². The maximum atomic E-state index is 12.5.